The van der Waals surface area contributed by atoms with Crippen molar-refractivity contribution in [3.8, 4) is 0 Å². The summed E-state index contributed by atoms with van der Waals surface area (Å²) in [5, 5.41) is 11.1. The number of amides is 1. The average molecular weight is 734 g/mol. The number of unbranched alkanes of at least 4 members (excludes halogenated alkanes) is 29. The first-order valence-corrected chi connectivity index (χ1v) is 22.8. The minimum absolute atomic E-state index is 0.0143. The summed E-state index contributed by atoms with van der Waals surface area (Å²) in [7, 11) is 0. The van der Waals surface area contributed by atoms with Crippen LogP contribution in [-0.4, -0.2) is 35.6 Å². The molecule has 6 heteroatoms. The van der Waals surface area contributed by atoms with E-state index in [4.69, 9.17) is 9.84 Å². The zero-order chi connectivity index (χ0) is 38.0. The van der Waals surface area contributed by atoms with Crippen LogP contribution in [0.15, 0.2) is 12.2 Å². The zero-order valence-corrected chi connectivity index (χ0v) is 34.7. The second kappa shape index (κ2) is 41.9. The lowest BCUT2D eigenvalue weighted by atomic mass is 10.0. The SMILES string of the molecule is CCCCCCCCC/C=C\CCCCCCCCCC(=O)OC(CCCCCCCCCCCCCC)CCCCCCCC(=O)NCC(=O)O. The first-order chi connectivity index (χ1) is 25.5. The predicted molar refractivity (Wildman–Crippen MR) is 222 cm³/mol. The Morgan fingerprint density at radius 2 is 0.827 bits per heavy atom. The molecule has 6 nitrogen and oxygen atoms in total. The number of rotatable bonds is 42. The first-order valence-electron chi connectivity index (χ1n) is 22.8. The number of hydrogen-bond donors (Lipinski definition) is 2. The van der Waals surface area contributed by atoms with E-state index in [1.165, 1.54) is 161 Å². The molecule has 2 N–H and O–H groups in total. The highest BCUT2D eigenvalue weighted by molar-refractivity contribution is 5.80. The number of ether oxygens (including phenoxy) is 1. The second-order valence-corrected chi connectivity index (χ2v) is 15.7. The fourth-order valence-electron chi connectivity index (χ4n) is 7.04. The van der Waals surface area contributed by atoms with E-state index in [-0.39, 0.29) is 24.5 Å². The van der Waals surface area contributed by atoms with Crippen LogP contribution in [0.2, 0.25) is 0 Å². The highest BCUT2D eigenvalue weighted by atomic mass is 16.5. The quantitative estimate of drug-likeness (QED) is 0.0370. The van der Waals surface area contributed by atoms with Gasteiger partial charge in [-0.3, -0.25) is 14.4 Å². The van der Waals surface area contributed by atoms with Gasteiger partial charge >= 0.3 is 11.9 Å². The molecule has 0 heterocycles. The summed E-state index contributed by atoms with van der Waals surface area (Å²) in [4.78, 5) is 35.1. The lowest BCUT2D eigenvalue weighted by Crippen LogP contribution is -2.28. The van der Waals surface area contributed by atoms with Crippen LogP contribution in [0.3, 0.4) is 0 Å². The van der Waals surface area contributed by atoms with Crippen molar-refractivity contribution >= 4 is 17.8 Å². The molecule has 0 aliphatic heterocycles. The number of carbonyl (C=O) groups excluding carboxylic acids is 2. The standard InChI is InChI=1S/C46H87NO5/c1-3-5-7-9-11-13-15-17-18-19-20-21-22-24-26-28-33-37-41-46(51)52-43(38-34-30-27-25-23-16-14-12-10-8-6-4-2)39-35-31-29-32-36-40-44(48)47-42-45(49)50/h18-19,43H,3-17,20-42H2,1-2H3,(H,47,48)(H,49,50)/b19-18-. The van der Waals surface area contributed by atoms with E-state index in [0.717, 1.165) is 64.2 Å². The molecule has 1 amide bonds. The van der Waals surface area contributed by atoms with Crippen LogP contribution >= 0.6 is 0 Å². The molecule has 0 aromatic rings. The normalized spacial score (nSPS) is 12.0. The maximum absolute atomic E-state index is 12.8. The minimum atomic E-state index is -1.01. The van der Waals surface area contributed by atoms with Gasteiger partial charge in [0.15, 0.2) is 0 Å². The third-order valence-electron chi connectivity index (χ3n) is 10.4. The Labute approximate surface area is 322 Å². The van der Waals surface area contributed by atoms with E-state index in [1.54, 1.807) is 0 Å². The number of esters is 1. The highest BCUT2D eigenvalue weighted by Crippen LogP contribution is 2.19. The van der Waals surface area contributed by atoms with Crippen molar-refractivity contribution in [2.45, 2.75) is 258 Å². The molecule has 0 saturated heterocycles. The molecule has 1 atom stereocenters. The summed E-state index contributed by atoms with van der Waals surface area (Å²) in [6.07, 6.45) is 49.1. The smallest absolute Gasteiger partial charge is 0.322 e. The molecular weight excluding hydrogens is 647 g/mol. The molecule has 0 aromatic heterocycles. The van der Waals surface area contributed by atoms with Crippen molar-refractivity contribution < 1.29 is 24.2 Å². The van der Waals surface area contributed by atoms with Gasteiger partial charge < -0.3 is 15.2 Å². The topological polar surface area (TPSA) is 92.7 Å². The van der Waals surface area contributed by atoms with Crippen LogP contribution in [0, 0.1) is 0 Å². The van der Waals surface area contributed by atoms with Gasteiger partial charge in [0, 0.05) is 12.8 Å². The summed E-state index contributed by atoms with van der Waals surface area (Å²) in [6.45, 7) is 4.24. The fourth-order valence-corrected chi connectivity index (χ4v) is 7.04. The van der Waals surface area contributed by atoms with Gasteiger partial charge in [0.1, 0.15) is 12.6 Å². The third-order valence-corrected chi connectivity index (χ3v) is 10.4. The molecule has 0 saturated carbocycles. The number of carboxylic acids is 1. The van der Waals surface area contributed by atoms with Gasteiger partial charge in [-0.05, 0) is 64.2 Å². The molecule has 52 heavy (non-hydrogen) atoms. The van der Waals surface area contributed by atoms with Gasteiger partial charge in [-0.1, -0.05) is 187 Å². The molecule has 0 aliphatic carbocycles. The number of carbonyl (C=O) groups is 3. The molecule has 1 unspecified atom stereocenters. The van der Waals surface area contributed by atoms with Crippen molar-refractivity contribution in [1.29, 1.82) is 0 Å². The van der Waals surface area contributed by atoms with E-state index in [0.29, 0.717) is 12.8 Å². The second-order valence-electron chi connectivity index (χ2n) is 15.7. The highest BCUT2D eigenvalue weighted by Gasteiger charge is 2.14. The molecule has 0 radical (unpaired) electrons. The summed E-state index contributed by atoms with van der Waals surface area (Å²) in [6, 6.07) is 0. The molecule has 0 bridgehead atoms. The van der Waals surface area contributed by atoms with Gasteiger partial charge in [0.2, 0.25) is 5.91 Å². The molecule has 0 spiro atoms. The zero-order valence-electron chi connectivity index (χ0n) is 34.7. The Morgan fingerprint density at radius 1 is 0.481 bits per heavy atom. The monoisotopic (exact) mass is 734 g/mol. The summed E-state index contributed by atoms with van der Waals surface area (Å²) in [5.74, 6) is -1.22. The van der Waals surface area contributed by atoms with Crippen molar-refractivity contribution in [1.82, 2.24) is 5.32 Å². The molecule has 0 fully saturated rings. The van der Waals surface area contributed by atoms with Crippen molar-refractivity contribution in [2.24, 2.45) is 0 Å². The predicted octanol–water partition coefficient (Wildman–Crippen LogP) is 14.1. The molecule has 306 valence electrons. The Morgan fingerprint density at radius 3 is 1.23 bits per heavy atom. The number of carboxylic acid groups (broad SMARTS) is 1. The van der Waals surface area contributed by atoms with Crippen LogP contribution in [0.25, 0.3) is 0 Å². The van der Waals surface area contributed by atoms with Crippen molar-refractivity contribution in [3.63, 3.8) is 0 Å². The number of allylic oxidation sites excluding steroid dienone is 2. The lowest BCUT2D eigenvalue weighted by Gasteiger charge is -2.18. The van der Waals surface area contributed by atoms with E-state index in [1.807, 2.05) is 0 Å². The van der Waals surface area contributed by atoms with E-state index >= 15 is 0 Å². The van der Waals surface area contributed by atoms with Crippen LogP contribution in [0.4, 0.5) is 0 Å². The van der Waals surface area contributed by atoms with Crippen molar-refractivity contribution in [2.75, 3.05) is 6.54 Å². The van der Waals surface area contributed by atoms with E-state index < -0.39 is 5.97 Å². The van der Waals surface area contributed by atoms with Crippen LogP contribution in [0.1, 0.15) is 251 Å². The average Bonchev–Trinajstić information content (AvgIpc) is 3.13. The van der Waals surface area contributed by atoms with Gasteiger partial charge in [0.25, 0.3) is 0 Å². The number of hydrogen-bond acceptors (Lipinski definition) is 4. The molecule has 0 aliphatic rings. The van der Waals surface area contributed by atoms with E-state index in [2.05, 4.69) is 31.3 Å². The Hall–Kier alpha value is -1.85. The van der Waals surface area contributed by atoms with E-state index in [9.17, 15) is 14.4 Å². The molecular formula is C46H87NO5. The van der Waals surface area contributed by atoms with Crippen molar-refractivity contribution in [3.05, 3.63) is 12.2 Å². The number of aliphatic carboxylic acids is 1. The van der Waals surface area contributed by atoms with Crippen LogP contribution in [-0.2, 0) is 19.1 Å². The third kappa shape index (κ3) is 40.9. The Kier molecular flexibility index (Phi) is 40.4. The van der Waals surface area contributed by atoms with Gasteiger partial charge in [-0.2, -0.15) is 0 Å². The lowest BCUT2D eigenvalue weighted by molar-refractivity contribution is -0.150. The minimum Gasteiger partial charge on any atom is -0.480 e. The maximum Gasteiger partial charge on any atom is 0.322 e. The Balaban J connectivity index is 4.09. The van der Waals surface area contributed by atoms with Gasteiger partial charge in [-0.25, -0.2) is 0 Å². The van der Waals surface area contributed by atoms with Crippen LogP contribution < -0.4 is 5.32 Å². The van der Waals surface area contributed by atoms with Crippen LogP contribution in [0.5, 0.6) is 0 Å². The Bertz CT molecular complexity index is 813. The summed E-state index contributed by atoms with van der Waals surface area (Å²) < 4.78 is 6.04. The maximum atomic E-state index is 12.8. The fraction of sp³-hybridized carbons (Fsp3) is 0.891. The first kappa shape index (κ1) is 50.1. The number of nitrogens with one attached hydrogen (secondary N) is 1. The summed E-state index contributed by atoms with van der Waals surface area (Å²) >= 11 is 0. The summed E-state index contributed by atoms with van der Waals surface area (Å²) in [5.41, 5.74) is 0. The van der Waals surface area contributed by atoms with Gasteiger partial charge in [-0.15, -0.1) is 0 Å². The largest absolute Gasteiger partial charge is 0.480 e. The molecule has 0 aromatic carbocycles. The molecule has 0 rings (SSSR count). The van der Waals surface area contributed by atoms with Gasteiger partial charge in [0.05, 0.1) is 0 Å².